The molecule has 0 aromatic rings. The van der Waals surface area contributed by atoms with E-state index in [0.717, 1.165) is 11.8 Å². The van der Waals surface area contributed by atoms with Gasteiger partial charge in [0.2, 0.25) is 0 Å². The fourth-order valence-electron chi connectivity index (χ4n) is 4.35. The van der Waals surface area contributed by atoms with Gasteiger partial charge in [0.15, 0.2) is 0 Å². The van der Waals surface area contributed by atoms with E-state index in [4.69, 9.17) is 0 Å². The lowest BCUT2D eigenvalue weighted by Gasteiger charge is -2.46. The van der Waals surface area contributed by atoms with E-state index in [-0.39, 0.29) is 0 Å². The summed E-state index contributed by atoms with van der Waals surface area (Å²) in [6.45, 7) is 4.82. The van der Waals surface area contributed by atoms with Gasteiger partial charge in [-0.2, -0.15) is 0 Å². The highest BCUT2D eigenvalue weighted by Gasteiger charge is 2.42. The van der Waals surface area contributed by atoms with Gasteiger partial charge in [0.25, 0.3) is 0 Å². The SMILES string of the molecule is CC1CCC2=C3C(C=C[C@@H](C/C=C\I)C31)[C@H](C)C=C2Br. The minimum Gasteiger partial charge on any atom is -0.0839 e. The summed E-state index contributed by atoms with van der Waals surface area (Å²) in [5, 5.41) is 0. The van der Waals surface area contributed by atoms with Crippen molar-refractivity contribution in [3.8, 4) is 0 Å². The molecule has 0 bridgehead atoms. The Morgan fingerprint density at radius 1 is 1.35 bits per heavy atom. The van der Waals surface area contributed by atoms with Crippen LogP contribution in [0.25, 0.3) is 0 Å². The quantitative estimate of drug-likeness (QED) is 0.341. The zero-order valence-electron chi connectivity index (χ0n) is 12.2. The van der Waals surface area contributed by atoms with E-state index >= 15 is 0 Å². The lowest BCUT2D eigenvalue weighted by Crippen LogP contribution is -2.36. The van der Waals surface area contributed by atoms with E-state index in [1.165, 1.54) is 23.7 Å². The third kappa shape index (κ3) is 2.51. The van der Waals surface area contributed by atoms with Crippen molar-refractivity contribution in [1.29, 1.82) is 0 Å². The van der Waals surface area contributed by atoms with Gasteiger partial charge in [0.1, 0.15) is 0 Å². The van der Waals surface area contributed by atoms with E-state index in [1.54, 1.807) is 11.1 Å². The van der Waals surface area contributed by atoms with Gasteiger partial charge in [-0.25, -0.2) is 0 Å². The predicted molar refractivity (Wildman–Crippen MR) is 99.0 cm³/mol. The Bertz CT molecular complexity index is 512. The average Bonchev–Trinajstić information content (AvgIpc) is 2.43. The van der Waals surface area contributed by atoms with Crippen molar-refractivity contribution >= 4 is 38.5 Å². The molecule has 0 nitrogen and oxygen atoms in total. The third-order valence-corrected chi connectivity index (χ3v) is 6.57. The molecule has 2 heteroatoms. The van der Waals surface area contributed by atoms with Gasteiger partial charge in [-0.15, -0.1) is 0 Å². The maximum Gasteiger partial charge on any atom is 0.0170 e. The Kier molecular flexibility index (Phi) is 4.61. The Balaban J connectivity index is 2.05. The molecule has 3 aliphatic carbocycles. The Morgan fingerprint density at radius 3 is 2.90 bits per heavy atom. The number of allylic oxidation sites excluding steroid dienone is 7. The molecule has 0 spiro atoms. The second-order valence-corrected chi connectivity index (χ2v) is 8.09. The Morgan fingerprint density at radius 2 is 2.15 bits per heavy atom. The van der Waals surface area contributed by atoms with Crippen molar-refractivity contribution in [1.82, 2.24) is 0 Å². The van der Waals surface area contributed by atoms with Crippen LogP contribution in [0.3, 0.4) is 0 Å². The molecule has 20 heavy (non-hydrogen) atoms. The van der Waals surface area contributed by atoms with E-state index in [0.29, 0.717) is 17.8 Å². The smallest absolute Gasteiger partial charge is 0.0170 e. The summed E-state index contributed by atoms with van der Waals surface area (Å²) in [6, 6.07) is 0. The monoisotopic (exact) mass is 444 g/mol. The van der Waals surface area contributed by atoms with Gasteiger partial charge in [-0.1, -0.05) is 82.2 Å². The first-order chi connectivity index (χ1) is 9.63. The first-order valence-electron chi connectivity index (χ1n) is 7.67. The van der Waals surface area contributed by atoms with Crippen LogP contribution >= 0.6 is 38.5 Å². The Labute approximate surface area is 144 Å². The van der Waals surface area contributed by atoms with Gasteiger partial charge < -0.3 is 0 Å². The second-order valence-electron chi connectivity index (χ2n) is 6.52. The minimum absolute atomic E-state index is 0.633. The number of hydrogen-bond acceptors (Lipinski definition) is 0. The van der Waals surface area contributed by atoms with Gasteiger partial charge in [0.05, 0.1) is 0 Å². The van der Waals surface area contributed by atoms with E-state index < -0.39 is 0 Å². The molecule has 5 atom stereocenters. The lowest BCUT2D eigenvalue weighted by molar-refractivity contribution is 0.251. The van der Waals surface area contributed by atoms with Crippen molar-refractivity contribution < 1.29 is 0 Å². The van der Waals surface area contributed by atoms with Gasteiger partial charge in [0, 0.05) is 10.4 Å². The molecule has 0 aliphatic heterocycles. The van der Waals surface area contributed by atoms with Crippen LogP contribution in [-0.4, -0.2) is 0 Å². The number of hydrogen-bond donors (Lipinski definition) is 0. The third-order valence-electron chi connectivity index (χ3n) is 5.32. The molecule has 0 fully saturated rings. The second kappa shape index (κ2) is 6.12. The summed E-state index contributed by atoms with van der Waals surface area (Å²) in [5.74, 6) is 3.56. The average molecular weight is 445 g/mol. The van der Waals surface area contributed by atoms with Crippen LogP contribution in [0.15, 0.2) is 44.0 Å². The molecular formula is C18H22BrI. The zero-order valence-corrected chi connectivity index (χ0v) is 15.9. The molecule has 0 saturated carbocycles. The van der Waals surface area contributed by atoms with Gasteiger partial charge in [-0.05, 0) is 52.6 Å². The van der Waals surface area contributed by atoms with Crippen molar-refractivity contribution in [2.45, 2.75) is 33.1 Å². The predicted octanol–water partition coefficient (Wildman–Crippen LogP) is 6.40. The van der Waals surface area contributed by atoms with E-state index in [1.807, 2.05) is 0 Å². The summed E-state index contributed by atoms with van der Waals surface area (Å²) in [4.78, 5) is 0. The fraction of sp³-hybridized carbons (Fsp3) is 0.556. The highest BCUT2D eigenvalue weighted by molar-refractivity contribution is 14.1. The summed E-state index contributed by atoms with van der Waals surface area (Å²) < 4.78 is 3.55. The van der Waals surface area contributed by atoms with Gasteiger partial charge in [-0.3, -0.25) is 0 Å². The van der Waals surface area contributed by atoms with Crippen molar-refractivity contribution in [3.63, 3.8) is 0 Å². The van der Waals surface area contributed by atoms with Crippen molar-refractivity contribution in [2.75, 3.05) is 0 Å². The molecule has 0 amide bonds. The number of rotatable bonds is 2. The molecular weight excluding hydrogens is 423 g/mol. The fourth-order valence-corrected chi connectivity index (χ4v) is 5.49. The molecule has 3 rings (SSSR count). The normalized spacial score (nSPS) is 40.0. The Hall–Kier alpha value is 0.170. The standard InChI is InChI=1S/C18H22BrI/c1-11-5-7-15-16(19)10-12(2)14-8-6-13(4-3-9-20)17(11)18(14)15/h3,6,8-14,17H,4-5,7H2,1-2H3/b9-3-/t11?,12-,13-,14?,17?/m1/s1. The lowest BCUT2D eigenvalue weighted by atomic mass is 9.59. The molecule has 0 radical (unpaired) electrons. The largest absolute Gasteiger partial charge is 0.0839 e. The molecule has 3 aliphatic rings. The molecule has 0 aromatic carbocycles. The van der Waals surface area contributed by atoms with E-state index in [2.05, 4.69) is 80.8 Å². The maximum absolute atomic E-state index is 3.84. The van der Waals surface area contributed by atoms with Crippen molar-refractivity contribution in [3.05, 3.63) is 44.0 Å². The van der Waals surface area contributed by atoms with Crippen LogP contribution < -0.4 is 0 Å². The highest BCUT2D eigenvalue weighted by Crippen LogP contribution is 2.53. The van der Waals surface area contributed by atoms with Crippen LogP contribution in [-0.2, 0) is 0 Å². The van der Waals surface area contributed by atoms with Crippen LogP contribution in [0.5, 0.6) is 0 Å². The molecule has 0 saturated heterocycles. The summed E-state index contributed by atoms with van der Waals surface area (Å²) >= 11 is 6.17. The maximum atomic E-state index is 3.84. The molecule has 0 aromatic heterocycles. The summed E-state index contributed by atoms with van der Waals surface area (Å²) in [6.07, 6.45) is 13.5. The highest BCUT2D eigenvalue weighted by atomic mass is 127. The minimum atomic E-state index is 0.633. The first-order valence-corrected chi connectivity index (χ1v) is 9.71. The molecule has 108 valence electrons. The van der Waals surface area contributed by atoms with Crippen molar-refractivity contribution in [2.24, 2.45) is 29.6 Å². The van der Waals surface area contributed by atoms with Crippen LogP contribution in [0.4, 0.5) is 0 Å². The van der Waals surface area contributed by atoms with E-state index in [9.17, 15) is 0 Å². The van der Waals surface area contributed by atoms with Crippen LogP contribution in [0.2, 0.25) is 0 Å². The topological polar surface area (TPSA) is 0 Å². The zero-order chi connectivity index (χ0) is 14.3. The molecule has 0 N–H and O–H groups in total. The number of halogens is 2. The summed E-state index contributed by atoms with van der Waals surface area (Å²) in [7, 11) is 0. The summed E-state index contributed by atoms with van der Waals surface area (Å²) in [5.41, 5.74) is 3.39. The molecule has 3 unspecified atom stereocenters. The van der Waals surface area contributed by atoms with Crippen LogP contribution in [0, 0.1) is 29.6 Å². The molecule has 0 heterocycles. The van der Waals surface area contributed by atoms with Crippen LogP contribution in [0.1, 0.15) is 33.1 Å². The van der Waals surface area contributed by atoms with Gasteiger partial charge >= 0.3 is 0 Å². The first kappa shape index (κ1) is 15.1.